The molecule has 1 fully saturated rings. The highest BCUT2D eigenvalue weighted by Gasteiger charge is 2.32. The van der Waals surface area contributed by atoms with Gasteiger partial charge >= 0.3 is 5.97 Å². The Kier molecular flexibility index (Phi) is 4.87. The van der Waals surface area contributed by atoms with Crippen LogP contribution in [0.1, 0.15) is 52.3 Å². The molecular weight excluding hydrogens is 322 g/mol. The van der Waals surface area contributed by atoms with Gasteiger partial charge in [0.05, 0.1) is 30.6 Å². The van der Waals surface area contributed by atoms with Crippen molar-refractivity contribution in [3.8, 4) is 0 Å². The molecule has 1 atom stereocenters. The molecule has 1 unspecified atom stereocenters. The number of carbonyl (C=O) groups is 2. The number of likely N-dealkylation sites (tertiary alicyclic amines) is 1. The fourth-order valence-corrected chi connectivity index (χ4v) is 3.30. The third-order valence-electron chi connectivity index (χ3n) is 4.72. The first-order valence-corrected chi connectivity index (χ1v) is 8.49. The third kappa shape index (κ3) is 3.42. The van der Waals surface area contributed by atoms with E-state index in [9.17, 15) is 9.59 Å². The van der Waals surface area contributed by atoms with Gasteiger partial charge in [-0.3, -0.25) is 15.0 Å². The Morgan fingerprint density at radius 1 is 1.36 bits per heavy atom. The lowest BCUT2D eigenvalue weighted by atomic mass is 10.0. The van der Waals surface area contributed by atoms with Crippen molar-refractivity contribution in [1.29, 1.82) is 0 Å². The zero-order chi connectivity index (χ0) is 18.0. The van der Waals surface area contributed by atoms with Crippen molar-refractivity contribution >= 4 is 11.9 Å². The van der Waals surface area contributed by atoms with Gasteiger partial charge in [0.25, 0.3) is 0 Å². The van der Waals surface area contributed by atoms with Crippen LogP contribution in [0.25, 0.3) is 0 Å². The van der Waals surface area contributed by atoms with Crippen LogP contribution >= 0.6 is 0 Å². The monoisotopic (exact) mass is 345 g/mol. The van der Waals surface area contributed by atoms with Gasteiger partial charge in [0, 0.05) is 30.3 Å². The van der Waals surface area contributed by atoms with Crippen LogP contribution < -0.4 is 0 Å². The third-order valence-corrected chi connectivity index (χ3v) is 4.72. The lowest BCUT2D eigenvalue weighted by Crippen LogP contribution is -2.30. The van der Waals surface area contributed by atoms with Gasteiger partial charge in [0.2, 0.25) is 5.91 Å². The molecule has 0 bridgehead atoms. The number of aromatic amines is 2. The molecule has 8 heteroatoms. The molecule has 1 aliphatic rings. The van der Waals surface area contributed by atoms with E-state index in [1.807, 2.05) is 18.7 Å². The number of H-pyrrole nitrogens is 2. The van der Waals surface area contributed by atoms with Gasteiger partial charge in [-0.05, 0) is 27.2 Å². The number of aromatic nitrogens is 4. The van der Waals surface area contributed by atoms with E-state index in [1.165, 1.54) is 6.20 Å². The zero-order valence-electron chi connectivity index (χ0n) is 14.8. The molecule has 134 valence electrons. The maximum absolute atomic E-state index is 12.6. The zero-order valence-corrected chi connectivity index (χ0v) is 14.8. The van der Waals surface area contributed by atoms with Crippen molar-refractivity contribution in [3.05, 3.63) is 34.4 Å². The Morgan fingerprint density at radius 2 is 2.16 bits per heavy atom. The van der Waals surface area contributed by atoms with Crippen LogP contribution in [0.2, 0.25) is 0 Å². The first kappa shape index (κ1) is 17.2. The van der Waals surface area contributed by atoms with Gasteiger partial charge in [-0.1, -0.05) is 0 Å². The molecular formula is C17H23N5O3. The summed E-state index contributed by atoms with van der Waals surface area (Å²) in [6, 6.07) is 0. The highest BCUT2D eigenvalue weighted by Crippen LogP contribution is 2.29. The second-order valence-electron chi connectivity index (χ2n) is 6.33. The van der Waals surface area contributed by atoms with Gasteiger partial charge < -0.3 is 9.64 Å². The van der Waals surface area contributed by atoms with Crippen LogP contribution in [0.15, 0.2) is 6.20 Å². The first-order chi connectivity index (χ1) is 12.0. The van der Waals surface area contributed by atoms with Crippen molar-refractivity contribution in [2.24, 2.45) is 0 Å². The molecule has 8 nitrogen and oxygen atoms in total. The molecule has 0 radical (unpaired) electrons. The van der Waals surface area contributed by atoms with Crippen molar-refractivity contribution < 1.29 is 14.3 Å². The minimum absolute atomic E-state index is 0.0670. The molecule has 2 N–H and O–H groups in total. The van der Waals surface area contributed by atoms with Gasteiger partial charge in [-0.15, -0.1) is 0 Å². The topological polar surface area (TPSA) is 104 Å². The van der Waals surface area contributed by atoms with Crippen LogP contribution in [-0.2, 0) is 16.0 Å². The van der Waals surface area contributed by atoms with Crippen LogP contribution in [-0.4, -0.2) is 56.9 Å². The van der Waals surface area contributed by atoms with Crippen molar-refractivity contribution in [2.45, 2.75) is 39.5 Å². The minimum Gasteiger partial charge on any atom is -0.462 e. The second-order valence-corrected chi connectivity index (χ2v) is 6.33. The predicted octanol–water partition coefficient (Wildman–Crippen LogP) is 1.48. The van der Waals surface area contributed by atoms with Gasteiger partial charge in [-0.2, -0.15) is 10.2 Å². The van der Waals surface area contributed by atoms with E-state index in [2.05, 4.69) is 20.4 Å². The largest absolute Gasteiger partial charge is 0.462 e. The average molecular weight is 345 g/mol. The SMILES string of the molecule is CCOC(=O)c1cn[nH]c1C1CCN(C(=O)Cc2c(C)n[nH]c2C)C1. The molecule has 1 saturated heterocycles. The number of hydrogen-bond acceptors (Lipinski definition) is 5. The van der Waals surface area contributed by atoms with E-state index in [0.717, 1.165) is 29.1 Å². The summed E-state index contributed by atoms with van der Waals surface area (Å²) in [5, 5.41) is 13.9. The van der Waals surface area contributed by atoms with E-state index >= 15 is 0 Å². The van der Waals surface area contributed by atoms with E-state index in [0.29, 0.717) is 31.7 Å². The molecule has 1 amide bonds. The molecule has 1 aliphatic heterocycles. The van der Waals surface area contributed by atoms with Crippen LogP contribution in [0.3, 0.4) is 0 Å². The number of nitrogens with one attached hydrogen (secondary N) is 2. The molecule has 0 aromatic carbocycles. The molecule has 25 heavy (non-hydrogen) atoms. The summed E-state index contributed by atoms with van der Waals surface area (Å²) in [7, 11) is 0. The quantitative estimate of drug-likeness (QED) is 0.799. The van der Waals surface area contributed by atoms with Gasteiger partial charge in [0.15, 0.2) is 0 Å². The molecule has 2 aromatic heterocycles. The number of ether oxygens (including phenoxy) is 1. The number of esters is 1. The number of amides is 1. The smallest absolute Gasteiger partial charge is 0.341 e. The minimum atomic E-state index is -0.374. The Morgan fingerprint density at radius 3 is 2.84 bits per heavy atom. The van der Waals surface area contributed by atoms with Crippen molar-refractivity contribution in [2.75, 3.05) is 19.7 Å². The maximum Gasteiger partial charge on any atom is 0.341 e. The summed E-state index contributed by atoms with van der Waals surface area (Å²) in [6.07, 6.45) is 2.63. The summed E-state index contributed by atoms with van der Waals surface area (Å²) < 4.78 is 5.07. The molecule has 0 spiro atoms. The summed E-state index contributed by atoms with van der Waals surface area (Å²) in [6.45, 7) is 7.15. The Bertz CT molecular complexity index is 760. The van der Waals surface area contributed by atoms with Crippen molar-refractivity contribution in [3.63, 3.8) is 0 Å². The molecule has 3 rings (SSSR count). The van der Waals surface area contributed by atoms with Gasteiger partial charge in [-0.25, -0.2) is 4.79 Å². The first-order valence-electron chi connectivity index (χ1n) is 8.49. The van der Waals surface area contributed by atoms with E-state index in [-0.39, 0.29) is 17.8 Å². The Labute approximate surface area is 145 Å². The number of hydrogen-bond donors (Lipinski definition) is 2. The van der Waals surface area contributed by atoms with Crippen LogP contribution in [0, 0.1) is 13.8 Å². The molecule has 0 aliphatic carbocycles. The second kappa shape index (κ2) is 7.08. The number of carbonyl (C=O) groups excluding carboxylic acids is 2. The van der Waals surface area contributed by atoms with Gasteiger partial charge in [0.1, 0.15) is 5.56 Å². The van der Waals surface area contributed by atoms with E-state index in [1.54, 1.807) is 6.92 Å². The fraction of sp³-hybridized carbons (Fsp3) is 0.529. The average Bonchev–Trinajstić information content (AvgIpc) is 3.30. The summed E-state index contributed by atoms with van der Waals surface area (Å²) in [5.41, 5.74) is 3.97. The molecule has 2 aromatic rings. The highest BCUT2D eigenvalue weighted by atomic mass is 16.5. The van der Waals surface area contributed by atoms with Crippen molar-refractivity contribution in [1.82, 2.24) is 25.3 Å². The lowest BCUT2D eigenvalue weighted by Gasteiger charge is -2.16. The Hall–Kier alpha value is -2.64. The summed E-state index contributed by atoms with van der Waals surface area (Å²) >= 11 is 0. The Balaban J connectivity index is 1.67. The normalized spacial score (nSPS) is 17.1. The predicted molar refractivity (Wildman–Crippen MR) is 90.2 cm³/mol. The maximum atomic E-state index is 12.6. The number of aryl methyl sites for hydroxylation is 2. The highest BCUT2D eigenvalue weighted by molar-refractivity contribution is 5.90. The summed E-state index contributed by atoms with van der Waals surface area (Å²) in [5.74, 6) is -0.231. The standard InChI is InChI=1S/C17H23N5O3/c1-4-25-17(24)14-8-18-21-16(14)12-5-6-22(9-12)15(23)7-13-10(2)19-20-11(13)3/h8,12H,4-7,9H2,1-3H3,(H,18,21)(H,19,20). The fourth-order valence-electron chi connectivity index (χ4n) is 3.30. The van der Waals surface area contributed by atoms with Crippen LogP contribution in [0.5, 0.6) is 0 Å². The van der Waals surface area contributed by atoms with Crippen LogP contribution in [0.4, 0.5) is 0 Å². The van der Waals surface area contributed by atoms with E-state index < -0.39 is 0 Å². The molecule has 0 saturated carbocycles. The number of nitrogens with zero attached hydrogens (tertiary/aromatic N) is 3. The van der Waals surface area contributed by atoms with E-state index in [4.69, 9.17) is 4.74 Å². The lowest BCUT2D eigenvalue weighted by molar-refractivity contribution is -0.129. The summed E-state index contributed by atoms with van der Waals surface area (Å²) in [4.78, 5) is 26.5. The molecule has 3 heterocycles. The number of rotatable bonds is 5.